The molecule has 0 aliphatic rings. The van der Waals surface area contributed by atoms with Gasteiger partial charge in [-0.2, -0.15) is 0 Å². The standard InChI is InChI=1S/C17H12ClFN2OS/c18-13-3-1-2-12(9-13)16(22)21-17-20-10-15(23-17)8-11-4-6-14(19)7-5-11/h1-7,9-10H,8H2,(H,20,21,22). The maximum absolute atomic E-state index is 12.9. The van der Waals surface area contributed by atoms with Crippen molar-refractivity contribution in [3.05, 3.63) is 81.6 Å². The lowest BCUT2D eigenvalue weighted by molar-refractivity contribution is 0.102. The van der Waals surface area contributed by atoms with E-state index in [0.29, 0.717) is 22.1 Å². The highest BCUT2D eigenvalue weighted by molar-refractivity contribution is 7.15. The first-order valence-corrected chi connectivity index (χ1v) is 8.06. The quantitative estimate of drug-likeness (QED) is 0.738. The molecule has 1 N–H and O–H groups in total. The zero-order valence-corrected chi connectivity index (χ0v) is 13.5. The summed E-state index contributed by atoms with van der Waals surface area (Å²) in [6, 6.07) is 13.1. The van der Waals surface area contributed by atoms with Crippen LogP contribution < -0.4 is 5.32 Å². The number of benzene rings is 2. The summed E-state index contributed by atoms with van der Waals surface area (Å²) >= 11 is 7.27. The van der Waals surface area contributed by atoms with Gasteiger partial charge in [0.25, 0.3) is 5.91 Å². The molecule has 1 aromatic heterocycles. The van der Waals surface area contributed by atoms with Gasteiger partial charge in [-0.1, -0.05) is 29.8 Å². The molecule has 6 heteroatoms. The lowest BCUT2D eigenvalue weighted by Gasteiger charge is -2.01. The fraction of sp³-hybridized carbons (Fsp3) is 0.0588. The minimum absolute atomic E-state index is 0.254. The molecule has 3 rings (SSSR count). The molecule has 0 radical (unpaired) electrons. The molecule has 0 aliphatic carbocycles. The Hall–Kier alpha value is -2.24. The highest BCUT2D eigenvalue weighted by atomic mass is 35.5. The lowest BCUT2D eigenvalue weighted by atomic mass is 10.1. The molecule has 0 aliphatic heterocycles. The first-order valence-electron chi connectivity index (χ1n) is 6.86. The summed E-state index contributed by atoms with van der Waals surface area (Å²) < 4.78 is 12.9. The number of carbonyl (C=O) groups excluding carboxylic acids is 1. The Kier molecular flexibility index (Phi) is 4.69. The Morgan fingerprint density at radius 2 is 2.00 bits per heavy atom. The van der Waals surface area contributed by atoms with Crippen LogP contribution in [0.1, 0.15) is 20.8 Å². The van der Waals surface area contributed by atoms with Crippen LogP contribution >= 0.6 is 22.9 Å². The summed E-state index contributed by atoms with van der Waals surface area (Å²) in [6.07, 6.45) is 2.35. The molecule has 2 aromatic carbocycles. The Labute approximate surface area is 141 Å². The van der Waals surface area contributed by atoms with Crippen molar-refractivity contribution in [2.45, 2.75) is 6.42 Å². The Balaban J connectivity index is 1.67. The molecule has 0 saturated heterocycles. The summed E-state index contributed by atoms with van der Waals surface area (Å²) in [6.45, 7) is 0. The van der Waals surface area contributed by atoms with Gasteiger partial charge in [0.2, 0.25) is 0 Å². The van der Waals surface area contributed by atoms with Gasteiger partial charge in [0.1, 0.15) is 5.82 Å². The number of nitrogens with one attached hydrogen (secondary N) is 1. The number of nitrogens with zero attached hydrogens (tertiary/aromatic N) is 1. The van der Waals surface area contributed by atoms with E-state index in [-0.39, 0.29) is 11.7 Å². The monoisotopic (exact) mass is 346 g/mol. The van der Waals surface area contributed by atoms with Gasteiger partial charge < -0.3 is 0 Å². The molecule has 116 valence electrons. The van der Waals surface area contributed by atoms with Crippen molar-refractivity contribution in [2.75, 3.05) is 5.32 Å². The van der Waals surface area contributed by atoms with Crippen molar-refractivity contribution in [3.63, 3.8) is 0 Å². The Morgan fingerprint density at radius 1 is 1.22 bits per heavy atom. The van der Waals surface area contributed by atoms with Gasteiger partial charge in [0.15, 0.2) is 5.13 Å². The predicted molar refractivity (Wildman–Crippen MR) is 90.7 cm³/mol. The van der Waals surface area contributed by atoms with E-state index < -0.39 is 0 Å². The Morgan fingerprint density at radius 3 is 2.74 bits per heavy atom. The number of thiazole rings is 1. The molecule has 1 amide bonds. The lowest BCUT2D eigenvalue weighted by Crippen LogP contribution is -2.11. The molecule has 3 aromatic rings. The first kappa shape index (κ1) is 15.6. The molecule has 0 atom stereocenters. The fourth-order valence-electron chi connectivity index (χ4n) is 2.05. The zero-order chi connectivity index (χ0) is 16.2. The number of hydrogen-bond acceptors (Lipinski definition) is 3. The number of aromatic nitrogens is 1. The number of carbonyl (C=O) groups is 1. The van der Waals surface area contributed by atoms with Crippen molar-refractivity contribution in [1.82, 2.24) is 4.98 Å². The van der Waals surface area contributed by atoms with Crippen molar-refractivity contribution in [1.29, 1.82) is 0 Å². The van der Waals surface area contributed by atoms with Crippen LogP contribution in [-0.4, -0.2) is 10.9 Å². The van der Waals surface area contributed by atoms with Gasteiger partial charge in [-0.15, -0.1) is 11.3 Å². The predicted octanol–water partition coefficient (Wildman–Crippen LogP) is 4.78. The molecule has 23 heavy (non-hydrogen) atoms. The number of halogens is 2. The molecule has 0 fully saturated rings. The second kappa shape index (κ2) is 6.89. The summed E-state index contributed by atoms with van der Waals surface area (Å²) in [5, 5.41) is 3.78. The van der Waals surface area contributed by atoms with Crippen molar-refractivity contribution in [2.24, 2.45) is 0 Å². The third-order valence-corrected chi connectivity index (χ3v) is 4.30. The van der Waals surface area contributed by atoms with Gasteiger partial charge >= 0.3 is 0 Å². The molecule has 3 nitrogen and oxygen atoms in total. The van der Waals surface area contributed by atoms with E-state index in [1.165, 1.54) is 23.5 Å². The number of amides is 1. The van der Waals surface area contributed by atoms with Crippen LogP contribution in [0.3, 0.4) is 0 Å². The van der Waals surface area contributed by atoms with Gasteiger partial charge in [-0.25, -0.2) is 9.37 Å². The fourth-order valence-corrected chi connectivity index (χ4v) is 3.08. The van der Waals surface area contributed by atoms with Crippen molar-refractivity contribution in [3.8, 4) is 0 Å². The number of anilines is 1. The van der Waals surface area contributed by atoms with Crippen molar-refractivity contribution >= 4 is 34.0 Å². The highest BCUT2D eigenvalue weighted by Gasteiger charge is 2.10. The maximum Gasteiger partial charge on any atom is 0.257 e. The third kappa shape index (κ3) is 4.15. The van der Waals surface area contributed by atoms with E-state index in [2.05, 4.69) is 10.3 Å². The van der Waals surface area contributed by atoms with Crippen LogP contribution in [0.2, 0.25) is 5.02 Å². The van der Waals surface area contributed by atoms with E-state index in [1.54, 1.807) is 42.6 Å². The molecule has 0 saturated carbocycles. The van der Waals surface area contributed by atoms with Gasteiger partial charge in [0, 0.05) is 28.1 Å². The van der Waals surface area contributed by atoms with Gasteiger partial charge in [-0.05, 0) is 35.9 Å². The van der Waals surface area contributed by atoms with E-state index in [4.69, 9.17) is 11.6 Å². The van der Waals surface area contributed by atoms with E-state index in [0.717, 1.165) is 10.4 Å². The smallest absolute Gasteiger partial charge is 0.257 e. The van der Waals surface area contributed by atoms with Gasteiger partial charge in [-0.3, -0.25) is 10.1 Å². The van der Waals surface area contributed by atoms with Crippen LogP contribution in [0.4, 0.5) is 9.52 Å². The van der Waals surface area contributed by atoms with E-state index in [9.17, 15) is 9.18 Å². The second-order valence-corrected chi connectivity index (χ2v) is 6.45. The average molecular weight is 347 g/mol. The molecular formula is C17H12ClFN2OS. The van der Waals surface area contributed by atoms with Crippen molar-refractivity contribution < 1.29 is 9.18 Å². The summed E-state index contributed by atoms with van der Waals surface area (Å²) in [5.41, 5.74) is 1.47. The molecule has 0 unspecified atom stereocenters. The van der Waals surface area contributed by atoms with Crippen LogP contribution in [0, 0.1) is 5.82 Å². The molecular weight excluding hydrogens is 335 g/mol. The topological polar surface area (TPSA) is 42.0 Å². The van der Waals surface area contributed by atoms with Crippen LogP contribution in [0.5, 0.6) is 0 Å². The minimum Gasteiger partial charge on any atom is -0.298 e. The molecule has 1 heterocycles. The third-order valence-electron chi connectivity index (χ3n) is 3.15. The van der Waals surface area contributed by atoms with E-state index in [1.807, 2.05) is 0 Å². The highest BCUT2D eigenvalue weighted by Crippen LogP contribution is 2.22. The average Bonchev–Trinajstić information content (AvgIpc) is 2.96. The van der Waals surface area contributed by atoms with Crippen LogP contribution in [-0.2, 0) is 6.42 Å². The Bertz CT molecular complexity index is 833. The van der Waals surface area contributed by atoms with Gasteiger partial charge in [0.05, 0.1) is 0 Å². The second-order valence-electron chi connectivity index (χ2n) is 4.90. The largest absolute Gasteiger partial charge is 0.298 e. The van der Waals surface area contributed by atoms with Crippen LogP contribution in [0.15, 0.2) is 54.7 Å². The van der Waals surface area contributed by atoms with E-state index >= 15 is 0 Å². The SMILES string of the molecule is O=C(Nc1ncc(Cc2ccc(F)cc2)s1)c1cccc(Cl)c1. The number of hydrogen-bond donors (Lipinski definition) is 1. The zero-order valence-electron chi connectivity index (χ0n) is 11.9. The number of rotatable bonds is 4. The van der Waals surface area contributed by atoms with Crippen LogP contribution in [0.25, 0.3) is 0 Å². The summed E-state index contributed by atoms with van der Waals surface area (Å²) in [4.78, 5) is 17.3. The maximum atomic E-state index is 12.9. The first-order chi connectivity index (χ1) is 11.1. The normalized spacial score (nSPS) is 10.5. The minimum atomic E-state index is -0.257. The summed E-state index contributed by atoms with van der Waals surface area (Å²) in [5.74, 6) is -0.511. The summed E-state index contributed by atoms with van der Waals surface area (Å²) in [7, 11) is 0. The molecule has 0 bridgehead atoms. The molecule has 0 spiro atoms.